The molecule has 0 N–H and O–H groups in total. The van der Waals surface area contributed by atoms with Crippen molar-refractivity contribution in [3.05, 3.63) is 47.5 Å². The van der Waals surface area contributed by atoms with Crippen LogP contribution in [0.25, 0.3) is 0 Å². The monoisotopic (exact) mass is 242 g/mol. The Balaban J connectivity index is 2.53. The largest absolute Gasteiger partial charge is 0.0798 e. The highest BCUT2D eigenvalue weighted by atomic mass is 14.4. The van der Waals surface area contributed by atoms with Crippen LogP contribution in [-0.4, -0.2) is 0 Å². The third kappa shape index (κ3) is 2.39. The fourth-order valence-electron chi connectivity index (χ4n) is 3.02. The van der Waals surface area contributed by atoms with Crippen LogP contribution in [0.5, 0.6) is 0 Å². The lowest BCUT2D eigenvalue weighted by molar-refractivity contribution is 0.329. The molecular weight excluding hydrogens is 216 g/mol. The van der Waals surface area contributed by atoms with Crippen LogP contribution < -0.4 is 0 Å². The molecule has 0 saturated carbocycles. The first-order valence-electron chi connectivity index (χ1n) is 6.98. The van der Waals surface area contributed by atoms with E-state index in [4.69, 9.17) is 0 Å². The molecule has 2 rings (SSSR count). The SMILES string of the molecule is CC(C)(C)[C@H]1C=C[C@H](C(C)(C)C)c2ccccc21. The van der Waals surface area contributed by atoms with E-state index in [2.05, 4.69) is 78.0 Å². The summed E-state index contributed by atoms with van der Waals surface area (Å²) in [5.41, 5.74) is 3.62. The first-order chi connectivity index (χ1) is 8.21. The quantitative estimate of drug-likeness (QED) is 0.526. The number of benzene rings is 1. The zero-order valence-corrected chi connectivity index (χ0v) is 12.6. The summed E-state index contributed by atoms with van der Waals surface area (Å²) in [6.45, 7) is 14.0. The lowest BCUT2D eigenvalue weighted by Gasteiger charge is -2.39. The lowest BCUT2D eigenvalue weighted by Crippen LogP contribution is -2.26. The molecule has 1 aromatic rings. The predicted octanol–water partition coefficient (Wildman–Crippen LogP) is 5.52. The molecule has 0 heterocycles. The van der Waals surface area contributed by atoms with E-state index in [0.29, 0.717) is 11.8 Å². The molecule has 0 unspecified atom stereocenters. The topological polar surface area (TPSA) is 0 Å². The minimum absolute atomic E-state index is 0.287. The summed E-state index contributed by atoms with van der Waals surface area (Å²) < 4.78 is 0. The van der Waals surface area contributed by atoms with E-state index in [9.17, 15) is 0 Å². The molecule has 2 atom stereocenters. The van der Waals surface area contributed by atoms with Gasteiger partial charge in [-0.3, -0.25) is 0 Å². The van der Waals surface area contributed by atoms with Crippen molar-refractivity contribution < 1.29 is 0 Å². The number of hydrogen-bond donors (Lipinski definition) is 0. The fraction of sp³-hybridized carbons (Fsp3) is 0.556. The van der Waals surface area contributed by atoms with Gasteiger partial charge in [0, 0.05) is 11.8 Å². The molecule has 0 saturated heterocycles. The van der Waals surface area contributed by atoms with Gasteiger partial charge in [-0.2, -0.15) is 0 Å². The molecule has 0 aromatic heterocycles. The van der Waals surface area contributed by atoms with E-state index >= 15 is 0 Å². The predicted molar refractivity (Wildman–Crippen MR) is 80.0 cm³/mol. The second kappa shape index (κ2) is 4.26. The Morgan fingerprint density at radius 2 is 1.00 bits per heavy atom. The molecule has 0 bridgehead atoms. The summed E-state index contributed by atoms with van der Waals surface area (Å²) in [7, 11) is 0. The Labute approximate surface area is 112 Å². The molecular formula is C18H26. The zero-order valence-electron chi connectivity index (χ0n) is 12.6. The smallest absolute Gasteiger partial charge is 0.00697 e. The summed E-state index contributed by atoms with van der Waals surface area (Å²) in [5, 5.41) is 0. The molecule has 0 nitrogen and oxygen atoms in total. The molecule has 1 aliphatic carbocycles. The zero-order chi connectivity index (χ0) is 13.6. The fourth-order valence-corrected chi connectivity index (χ4v) is 3.02. The van der Waals surface area contributed by atoms with Crippen LogP contribution in [0.2, 0.25) is 0 Å². The minimum Gasteiger partial charge on any atom is -0.0798 e. The molecule has 0 fully saturated rings. The van der Waals surface area contributed by atoms with Gasteiger partial charge in [-0.25, -0.2) is 0 Å². The molecule has 0 amide bonds. The normalized spacial score (nSPS) is 23.9. The molecule has 0 heteroatoms. The van der Waals surface area contributed by atoms with Gasteiger partial charge in [0.25, 0.3) is 0 Å². The molecule has 98 valence electrons. The lowest BCUT2D eigenvalue weighted by atomic mass is 9.65. The van der Waals surface area contributed by atoms with E-state index in [1.165, 1.54) is 11.1 Å². The second-order valence-corrected chi connectivity index (χ2v) is 7.70. The maximum absolute atomic E-state index is 2.43. The Kier molecular flexibility index (Phi) is 3.17. The van der Waals surface area contributed by atoms with Gasteiger partial charge in [0.2, 0.25) is 0 Å². The van der Waals surface area contributed by atoms with Crippen LogP contribution in [0.3, 0.4) is 0 Å². The second-order valence-electron chi connectivity index (χ2n) is 7.70. The van der Waals surface area contributed by atoms with Crippen LogP contribution in [-0.2, 0) is 0 Å². The van der Waals surface area contributed by atoms with Crippen LogP contribution in [0.15, 0.2) is 36.4 Å². The van der Waals surface area contributed by atoms with Crippen LogP contribution in [0.1, 0.15) is 64.5 Å². The van der Waals surface area contributed by atoms with Crippen molar-refractivity contribution in [1.29, 1.82) is 0 Å². The van der Waals surface area contributed by atoms with E-state index in [0.717, 1.165) is 0 Å². The number of hydrogen-bond acceptors (Lipinski definition) is 0. The Morgan fingerprint density at radius 1 is 0.667 bits per heavy atom. The van der Waals surface area contributed by atoms with Crippen molar-refractivity contribution in [2.45, 2.75) is 53.4 Å². The van der Waals surface area contributed by atoms with Gasteiger partial charge in [-0.15, -0.1) is 0 Å². The molecule has 0 aliphatic heterocycles. The van der Waals surface area contributed by atoms with Crippen molar-refractivity contribution in [3.8, 4) is 0 Å². The summed E-state index contributed by atoms with van der Waals surface area (Å²) in [6, 6.07) is 8.98. The van der Waals surface area contributed by atoms with Gasteiger partial charge in [0.05, 0.1) is 0 Å². The van der Waals surface area contributed by atoms with Crippen molar-refractivity contribution in [2.24, 2.45) is 10.8 Å². The molecule has 1 aromatic carbocycles. The van der Waals surface area contributed by atoms with Crippen LogP contribution in [0.4, 0.5) is 0 Å². The first kappa shape index (κ1) is 13.4. The van der Waals surface area contributed by atoms with Gasteiger partial charge in [0.15, 0.2) is 0 Å². The van der Waals surface area contributed by atoms with Crippen molar-refractivity contribution in [1.82, 2.24) is 0 Å². The van der Waals surface area contributed by atoms with Crippen LogP contribution >= 0.6 is 0 Å². The highest BCUT2D eigenvalue weighted by Gasteiger charge is 2.34. The maximum atomic E-state index is 2.43. The van der Waals surface area contributed by atoms with Crippen molar-refractivity contribution in [3.63, 3.8) is 0 Å². The Bertz CT molecular complexity index is 409. The molecule has 0 spiro atoms. The summed E-state index contributed by atoms with van der Waals surface area (Å²) >= 11 is 0. The Morgan fingerprint density at radius 3 is 1.28 bits per heavy atom. The van der Waals surface area contributed by atoms with Crippen molar-refractivity contribution >= 4 is 0 Å². The average Bonchev–Trinajstić information content (AvgIpc) is 2.24. The Hall–Kier alpha value is -1.04. The number of fused-ring (bicyclic) bond motifs is 1. The summed E-state index contributed by atoms with van der Waals surface area (Å²) in [4.78, 5) is 0. The minimum atomic E-state index is 0.287. The van der Waals surface area contributed by atoms with Crippen molar-refractivity contribution in [2.75, 3.05) is 0 Å². The molecule has 0 radical (unpaired) electrons. The molecule has 18 heavy (non-hydrogen) atoms. The number of rotatable bonds is 0. The van der Waals surface area contributed by atoms with Gasteiger partial charge in [-0.05, 0) is 22.0 Å². The van der Waals surface area contributed by atoms with E-state index < -0.39 is 0 Å². The highest BCUT2D eigenvalue weighted by molar-refractivity contribution is 5.43. The maximum Gasteiger partial charge on any atom is 0.00697 e. The summed E-state index contributed by atoms with van der Waals surface area (Å²) in [6.07, 6.45) is 4.86. The summed E-state index contributed by atoms with van der Waals surface area (Å²) in [5.74, 6) is 1.07. The average molecular weight is 242 g/mol. The first-order valence-corrected chi connectivity index (χ1v) is 6.98. The highest BCUT2D eigenvalue weighted by Crippen LogP contribution is 2.48. The van der Waals surface area contributed by atoms with Gasteiger partial charge >= 0.3 is 0 Å². The third-order valence-electron chi connectivity index (χ3n) is 4.03. The van der Waals surface area contributed by atoms with E-state index in [1.807, 2.05) is 0 Å². The van der Waals surface area contributed by atoms with Gasteiger partial charge in [0.1, 0.15) is 0 Å². The van der Waals surface area contributed by atoms with Gasteiger partial charge in [-0.1, -0.05) is 78.0 Å². The molecule has 1 aliphatic rings. The van der Waals surface area contributed by atoms with Crippen LogP contribution in [0, 0.1) is 10.8 Å². The van der Waals surface area contributed by atoms with E-state index in [-0.39, 0.29) is 10.8 Å². The van der Waals surface area contributed by atoms with Gasteiger partial charge < -0.3 is 0 Å². The standard InChI is InChI=1S/C18H26/c1-17(2,3)15-11-12-16(18(4,5)6)14-10-8-7-9-13(14)15/h7-12,15-16H,1-6H3/t15-,16-/m0/s1. The third-order valence-corrected chi connectivity index (χ3v) is 4.03. The van der Waals surface area contributed by atoms with E-state index in [1.54, 1.807) is 0 Å². The number of allylic oxidation sites excluding steroid dienone is 2.